The molecule has 0 saturated carbocycles. The Labute approximate surface area is 101 Å². The lowest BCUT2D eigenvalue weighted by molar-refractivity contribution is -0.139. The number of carbonyl (C=O) groups excluding carboxylic acids is 1. The SMILES string of the molecule is C=C(C(=O)OCC)C(O)c1cc(Br)cs1. The number of hydrogen-bond acceptors (Lipinski definition) is 4. The third-order valence-corrected chi connectivity index (χ3v) is 3.47. The highest BCUT2D eigenvalue weighted by atomic mass is 79.9. The molecule has 1 heterocycles. The maximum Gasteiger partial charge on any atom is 0.336 e. The van der Waals surface area contributed by atoms with Crippen LogP contribution in [0.15, 0.2) is 28.1 Å². The monoisotopic (exact) mass is 290 g/mol. The van der Waals surface area contributed by atoms with Gasteiger partial charge in [0.25, 0.3) is 0 Å². The largest absolute Gasteiger partial charge is 0.463 e. The molecule has 82 valence electrons. The van der Waals surface area contributed by atoms with Crippen LogP contribution in [0, 0.1) is 0 Å². The Morgan fingerprint density at radius 2 is 2.47 bits per heavy atom. The van der Waals surface area contributed by atoms with E-state index in [-0.39, 0.29) is 12.2 Å². The summed E-state index contributed by atoms with van der Waals surface area (Å²) in [6.07, 6.45) is -0.986. The highest BCUT2D eigenvalue weighted by Crippen LogP contribution is 2.29. The van der Waals surface area contributed by atoms with Crippen molar-refractivity contribution >= 4 is 33.2 Å². The molecule has 0 aliphatic heterocycles. The second-order valence-corrected chi connectivity index (χ2v) is 4.67. The maximum atomic E-state index is 11.3. The van der Waals surface area contributed by atoms with Crippen LogP contribution in [0.1, 0.15) is 17.9 Å². The molecule has 3 nitrogen and oxygen atoms in total. The first-order valence-electron chi connectivity index (χ1n) is 4.34. The number of aliphatic hydroxyl groups excluding tert-OH is 1. The lowest BCUT2D eigenvalue weighted by Crippen LogP contribution is -2.12. The number of carbonyl (C=O) groups is 1. The van der Waals surface area contributed by atoms with Crippen LogP contribution in [-0.4, -0.2) is 17.7 Å². The molecule has 0 bridgehead atoms. The summed E-state index contributed by atoms with van der Waals surface area (Å²) >= 11 is 4.63. The average Bonchev–Trinajstić information content (AvgIpc) is 2.63. The van der Waals surface area contributed by atoms with Crippen molar-refractivity contribution in [1.29, 1.82) is 0 Å². The van der Waals surface area contributed by atoms with Crippen LogP contribution in [0.2, 0.25) is 0 Å². The first-order valence-corrected chi connectivity index (χ1v) is 6.01. The van der Waals surface area contributed by atoms with Crippen LogP contribution in [0.25, 0.3) is 0 Å². The third-order valence-electron chi connectivity index (χ3n) is 1.72. The number of hydrogen-bond donors (Lipinski definition) is 1. The minimum absolute atomic E-state index is 0.0613. The average molecular weight is 291 g/mol. The molecule has 15 heavy (non-hydrogen) atoms. The minimum Gasteiger partial charge on any atom is -0.463 e. The summed E-state index contributed by atoms with van der Waals surface area (Å²) in [6.45, 7) is 5.51. The lowest BCUT2D eigenvalue weighted by atomic mass is 10.1. The number of esters is 1. The van der Waals surface area contributed by atoms with Gasteiger partial charge in [-0.2, -0.15) is 0 Å². The molecule has 0 spiro atoms. The summed E-state index contributed by atoms with van der Waals surface area (Å²) in [5, 5.41) is 11.6. The minimum atomic E-state index is -0.986. The normalized spacial score (nSPS) is 12.2. The van der Waals surface area contributed by atoms with Gasteiger partial charge in [0.15, 0.2) is 0 Å². The number of thiophene rings is 1. The third kappa shape index (κ3) is 3.15. The van der Waals surface area contributed by atoms with Gasteiger partial charge in [-0.15, -0.1) is 11.3 Å². The Morgan fingerprint density at radius 3 is 2.93 bits per heavy atom. The predicted octanol–water partition coefficient (Wildman–Crippen LogP) is 2.66. The fourth-order valence-electron chi connectivity index (χ4n) is 0.979. The van der Waals surface area contributed by atoms with Crippen molar-refractivity contribution in [2.45, 2.75) is 13.0 Å². The standard InChI is InChI=1S/C10H11BrO3S/c1-3-14-10(13)6(2)9(12)8-4-7(11)5-15-8/h4-5,9,12H,2-3H2,1H3. The molecule has 5 heteroatoms. The maximum absolute atomic E-state index is 11.3. The first kappa shape index (κ1) is 12.4. The topological polar surface area (TPSA) is 46.5 Å². The van der Waals surface area contributed by atoms with E-state index in [1.54, 1.807) is 13.0 Å². The Kier molecular flexibility index (Phi) is 4.50. The Hall–Kier alpha value is -0.650. The Balaban J connectivity index is 2.72. The van der Waals surface area contributed by atoms with Crippen molar-refractivity contribution in [3.63, 3.8) is 0 Å². The van der Waals surface area contributed by atoms with Gasteiger partial charge in [-0.1, -0.05) is 6.58 Å². The zero-order valence-electron chi connectivity index (χ0n) is 8.20. The zero-order valence-corrected chi connectivity index (χ0v) is 10.6. The highest BCUT2D eigenvalue weighted by molar-refractivity contribution is 9.10. The number of halogens is 1. The Morgan fingerprint density at radius 1 is 1.80 bits per heavy atom. The van der Waals surface area contributed by atoms with Crippen molar-refractivity contribution in [3.05, 3.63) is 32.9 Å². The summed E-state index contributed by atoms with van der Waals surface area (Å²) in [5.74, 6) is -0.561. The second kappa shape index (κ2) is 5.44. The van der Waals surface area contributed by atoms with Crippen LogP contribution in [0.3, 0.4) is 0 Å². The van der Waals surface area contributed by atoms with Gasteiger partial charge in [0.2, 0.25) is 0 Å². The molecular formula is C10H11BrO3S. The Bertz CT molecular complexity index is 372. The number of aliphatic hydroxyl groups is 1. The molecule has 0 saturated heterocycles. The summed E-state index contributed by atoms with van der Waals surface area (Å²) in [4.78, 5) is 11.9. The molecular weight excluding hydrogens is 280 g/mol. The van der Waals surface area contributed by atoms with E-state index in [2.05, 4.69) is 22.5 Å². The molecule has 1 unspecified atom stereocenters. The summed E-state index contributed by atoms with van der Waals surface area (Å²) in [7, 11) is 0. The molecule has 1 aromatic heterocycles. The molecule has 1 aromatic rings. The van der Waals surface area contributed by atoms with E-state index < -0.39 is 12.1 Å². The van der Waals surface area contributed by atoms with Gasteiger partial charge in [0.05, 0.1) is 12.2 Å². The van der Waals surface area contributed by atoms with Crippen molar-refractivity contribution in [3.8, 4) is 0 Å². The van der Waals surface area contributed by atoms with Crippen LogP contribution in [-0.2, 0) is 9.53 Å². The summed E-state index contributed by atoms with van der Waals surface area (Å²) in [6, 6.07) is 1.75. The van der Waals surface area contributed by atoms with Gasteiger partial charge in [0.1, 0.15) is 6.10 Å². The lowest BCUT2D eigenvalue weighted by Gasteiger charge is -2.10. The molecule has 1 atom stereocenters. The smallest absolute Gasteiger partial charge is 0.336 e. The molecule has 0 aliphatic rings. The fraction of sp³-hybridized carbons (Fsp3) is 0.300. The van der Waals surface area contributed by atoms with E-state index in [0.29, 0.717) is 4.88 Å². The van der Waals surface area contributed by atoms with Crippen molar-refractivity contribution in [2.24, 2.45) is 0 Å². The van der Waals surface area contributed by atoms with Gasteiger partial charge in [-0.3, -0.25) is 0 Å². The van der Waals surface area contributed by atoms with Crippen LogP contribution in [0.4, 0.5) is 0 Å². The highest BCUT2D eigenvalue weighted by Gasteiger charge is 2.20. The van der Waals surface area contributed by atoms with Gasteiger partial charge >= 0.3 is 5.97 Å². The molecule has 0 radical (unpaired) electrons. The van der Waals surface area contributed by atoms with Gasteiger partial charge in [-0.25, -0.2) is 4.79 Å². The quantitative estimate of drug-likeness (QED) is 0.685. The van der Waals surface area contributed by atoms with E-state index in [4.69, 9.17) is 4.74 Å². The molecule has 0 aromatic carbocycles. The van der Waals surface area contributed by atoms with Gasteiger partial charge in [-0.05, 0) is 28.9 Å². The van der Waals surface area contributed by atoms with Crippen molar-refractivity contribution < 1.29 is 14.6 Å². The summed E-state index contributed by atoms with van der Waals surface area (Å²) < 4.78 is 5.62. The van der Waals surface area contributed by atoms with Crippen LogP contribution >= 0.6 is 27.3 Å². The van der Waals surface area contributed by atoms with Crippen LogP contribution < -0.4 is 0 Å². The number of rotatable bonds is 4. The second-order valence-electron chi connectivity index (χ2n) is 2.82. The zero-order chi connectivity index (χ0) is 11.4. The molecule has 1 N–H and O–H groups in total. The van der Waals surface area contributed by atoms with Crippen molar-refractivity contribution in [1.82, 2.24) is 0 Å². The van der Waals surface area contributed by atoms with E-state index in [9.17, 15) is 9.90 Å². The fourth-order valence-corrected chi connectivity index (χ4v) is 2.44. The van der Waals surface area contributed by atoms with Crippen LogP contribution in [0.5, 0.6) is 0 Å². The number of ether oxygens (including phenoxy) is 1. The molecule has 0 fully saturated rings. The van der Waals surface area contributed by atoms with Gasteiger partial charge < -0.3 is 9.84 Å². The molecule has 0 aliphatic carbocycles. The van der Waals surface area contributed by atoms with Crippen molar-refractivity contribution in [2.75, 3.05) is 6.61 Å². The predicted molar refractivity (Wildman–Crippen MR) is 62.8 cm³/mol. The van der Waals surface area contributed by atoms with Gasteiger partial charge in [0, 0.05) is 14.7 Å². The van der Waals surface area contributed by atoms with E-state index in [0.717, 1.165) is 4.47 Å². The van der Waals surface area contributed by atoms with E-state index in [1.165, 1.54) is 11.3 Å². The van der Waals surface area contributed by atoms with E-state index in [1.807, 2.05) is 5.38 Å². The molecule has 1 rings (SSSR count). The first-order chi connectivity index (χ1) is 7.06. The summed E-state index contributed by atoms with van der Waals surface area (Å²) in [5.41, 5.74) is 0.0613. The van der Waals surface area contributed by atoms with E-state index >= 15 is 0 Å². The molecule has 0 amide bonds.